The number of hydrogen-bond acceptors (Lipinski definition) is 7. The fourth-order valence-corrected chi connectivity index (χ4v) is 4.33. The first-order valence-electron chi connectivity index (χ1n) is 10.5. The molecule has 1 aromatic carbocycles. The number of nitrogens with two attached hydrogens (primary N) is 1. The summed E-state index contributed by atoms with van der Waals surface area (Å²) in [5.41, 5.74) is 8.28. The maximum atomic E-state index is 12.2. The molecule has 29 heavy (non-hydrogen) atoms. The zero-order chi connectivity index (χ0) is 20.7. The average Bonchev–Trinajstić information content (AvgIpc) is 3.27. The van der Waals surface area contributed by atoms with E-state index in [2.05, 4.69) is 11.5 Å². The van der Waals surface area contributed by atoms with E-state index in [0.29, 0.717) is 50.3 Å². The van der Waals surface area contributed by atoms with Gasteiger partial charge >= 0.3 is 5.97 Å². The lowest BCUT2D eigenvalue weighted by atomic mass is 9.67. The molecule has 3 rings (SSSR count). The summed E-state index contributed by atoms with van der Waals surface area (Å²) in [6.45, 7) is 0.828. The van der Waals surface area contributed by atoms with Gasteiger partial charge in [-0.1, -0.05) is 6.07 Å². The lowest BCUT2D eigenvalue weighted by molar-refractivity contribution is -0.157. The molecule has 0 atom stereocenters. The molecule has 2 aliphatic rings. The van der Waals surface area contributed by atoms with Crippen LogP contribution in [-0.4, -0.2) is 32.3 Å². The third kappa shape index (κ3) is 5.01. The Hall–Kier alpha value is -2.30. The third-order valence-electron chi connectivity index (χ3n) is 6.12. The van der Waals surface area contributed by atoms with E-state index in [0.717, 1.165) is 18.4 Å². The standard InChI is InChI=1S/C22H31N3O4/c1-27-19-7-6-17(14-20(19)28-18-4-2-3-5-18)22(15-24)10-8-16(9-11-22)21(26)29-25-13-12-23/h6-7,14,16,18,25H,2-5,8-13,23H2,1H3. The van der Waals surface area contributed by atoms with E-state index in [1.165, 1.54) is 12.8 Å². The van der Waals surface area contributed by atoms with E-state index in [1.54, 1.807) is 7.11 Å². The van der Waals surface area contributed by atoms with Gasteiger partial charge in [0.15, 0.2) is 11.5 Å². The second-order valence-electron chi connectivity index (χ2n) is 7.96. The minimum absolute atomic E-state index is 0.200. The summed E-state index contributed by atoms with van der Waals surface area (Å²) < 4.78 is 11.7. The molecule has 2 aliphatic carbocycles. The molecule has 0 saturated heterocycles. The largest absolute Gasteiger partial charge is 0.493 e. The minimum atomic E-state index is -0.623. The summed E-state index contributed by atoms with van der Waals surface area (Å²) in [4.78, 5) is 17.3. The van der Waals surface area contributed by atoms with Crippen LogP contribution in [0.5, 0.6) is 11.5 Å². The van der Waals surface area contributed by atoms with Crippen LogP contribution in [0.1, 0.15) is 56.9 Å². The summed E-state index contributed by atoms with van der Waals surface area (Å²) in [6.07, 6.45) is 7.13. The maximum Gasteiger partial charge on any atom is 0.327 e. The number of rotatable bonds is 8. The normalized spacial score (nSPS) is 24.7. The number of carbonyl (C=O) groups is 1. The van der Waals surface area contributed by atoms with E-state index in [-0.39, 0.29) is 18.0 Å². The predicted molar refractivity (Wildman–Crippen MR) is 108 cm³/mol. The number of nitrogens with one attached hydrogen (secondary N) is 1. The number of hydrogen-bond donors (Lipinski definition) is 2. The Morgan fingerprint density at radius 1 is 1.24 bits per heavy atom. The van der Waals surface area contributed by atoms with Crippen molar-refractivity contribution in [2.24, 2.45) is 11.7 Å². The van der Waals surface area contributed by atoms with E-state index in [4.69, 9.17) is 20.0 Å². The molecule has 0 aliphatic heterocycles. The van der Waals surface area contributed by atoms with Crippen LogP contribution in [0.4, 0.5) is 0 Å². The Bertz CT molecular complexity index is 732. The molecule has 3 N–H and O–H groups in total. The molecule has 1 aromatic rings. The van der Waals surface area contributed by atoms with E-state index >= 15 is 0 Å². The smallest absolute Gasteiger partial charge is 0.327 e. The van der Waals surface area contributed by atoms with Crippen LogP contribution in [-0.2, 0) is 15.0 Å². The highest BCUT2D eigenvalue weighted by molar-refractivity contribution is 5.72. The number of ether oxygens (including phenoxy) is 2. The van der Waals surface area contributed by atoms with Gasteiger partial charge in [0.25, 0.3) is 0 Å². The Balaban J connectivity index is 1.71. The summed E-state index contributed by atoms with van der Waals surface area (Å²) in [5.74, 6) is 0.926. The number of carbonyl (C=O) groups excluding carboxylic acids is 1. The van der Waals surface area contributed by atoms with Gasteiger partial charge in [-0.3, -0.25) is 4.79 Å². The molecular formula is C22H31N3O4. The zero-order valence-corrected chi connectivity index (χ0v) is 17.1. The van der Waals surface area contributed by atoms with Gasteiger partial charge in [-0.25, -0.2) is 0 Å². The quantitative estimate of drug-likeness (QED) is 0.509. The second-order valence-corrected chi connectivity index (χ2v) is 7.96. The molecule has 0 aromatic heterocycles. The van der Waals surface area contributed by atoms with Crippen LogP contribution in [0.25, 0.3) is 0 Å². The lowest BCUT2D eigenvalue weighted by Gasteiger charge is -2.34. The molecule has 0 amide bonds. The minimum Gasteiger partial charge on any atom is -0.493 e. The van der Waals surface area contributed by atoms with E-state index < -0.39 is 5.41 Å². The monoisotopic (exact) mass is 401 g/mol. The predicted octanol–water partition coefficient (Wildman–Crippen LogP) is 2.97. The van der Waals surface area contributed by atoms with Crippen molar-refractivity contribution in [3.05, 3.63) is 23.8 Å². The van der Waals surface area contributed by atoms with Crippen molar-refractivity contribution in [1.82, 2.24) is 5.48 Å². The molecule has 0 spiro atoms. The SMILES string of the molecule is COc1ccc(C2(C#N)CCC(C(=O)ONCCN)CC2)cc1OC1CCCC1. The van der Waals surface area contributed by atoms with Crippen molar-refractivity contribution in [3.63, 3.8) is 0 Å². The Morgan fingerprint density at radius 2 is 1.97 bits per heavy atom. The highest BCUT2D eigenvalue weighted by Gasteiger charge is 2.40. The van der Waals surface area contributed by atoms with Crippen molar-refractivity contribution >= 4 is 5.97 Å². The number of methoxy groups -OCH3 is 1. The van der Waals surface area contributed by atoms with Crippen LogP contribution < -0.4 is 20.7 Å². The maximum absolute atomic E-state index is 12.2. The second kappa shape index (κ2) is 9.95. The van der Waals surface area contributed by atoms with Crippen molar-refractivity contribution in [2.45, 2.75) is 62.9 Å². The number of hydroxylamine groups is 1. The first kappa shape index (κ1) is 21.4. The third-order valence-corrected chi connectivity index (χ3v) is 6.12. The van der Waals surface area contributed by atoms with Crippen molar-refractivity contribution < 1.29 is 19.1 Å². The average molecular weight is 402 g/mol. The molecule has 0 unspecified atom stereocenters. The number of nitrogens with zero attached hydrogens (tertiary/aromatic N) is 1. The first-order valence-corrected chi connectivity index (χ1v) is 10.5. The highest BCUT2D eigenvalue weighted by Crippen LogP contribution is 2.44. The molecule has 7 nitrogen and oxygen atoms in total. The highest BCUT2D eigenvalue weighted by atomic mass is 16.7. The van der Waals surface area contributed by atoms with Crippen molar-refractivity contribution in [2.75, 3.05) is 20.2 Å². The first-order chi connectivity index (χ1) is 14.1. The van der Waals surface area contributed by atoms with Crippen LogP contribution in [0, 0.1) is 17.2 Å². The van der Waals surface area contributed by atoms with Gasteiger partial charge in [0.05, 0.1) is 30.6 Å². The van der Waals surface area contributed by atoms with Crippen LogP contribution in [0.3, 0.4) is 0 Å². The molecule has 158 valence electrons. The number of benzene rings is 1. The van der Waals surface area contributed by atoms with Gasteiger partial charge in [-0.05, 0) is 69.1 Å². The lowest BCUT2D eigenvalue weighted by Crippen LogP contribution is -2.36. The van der Waals surface area contributed by atoms with Crippen LogP contribution >= 0.6 is 0 Å². The zero-order valence-electron chi connectivity index (χ0n) is 17.1. The van der Waals surface area contributed by atoms with Gasteiger partial charge in [-0.15, -0.1) is 0 Å². The van der Waals surface area contributed by atoms with E-state index in [9.17, 15) is 10.1 Å². The summed E-state index contributed by atoms with van der Waals surface area (Å²) in [6, 6.07) is 8.32. The molecule has 2 fully saturated rings. The van der Waals surface area contributed by atoms with Crippen molar-refractivity contribution in [1.29, 1.82) is 5.26 Å². The van der Waals surface area contributed by atoms with Crippen LogP contribution in [0.2, 0.25) is 0 Å². The molecule has 2 saturated carbocycles. The van der Waals surface area contributed by atoms with E-state index in [1.807, 2.05) is 18.2 Å². The van der Waals surface area contributed by atoms with Gasteiger partial charge in [-0.2, -0.15) is 10.7 Å². The fraction of sp³-hybridized carbons (Fsp3) is 0.636. The Morgan fingerprint density at radius 3 is 2.59 bits per heavy atom. The molecule has 7 heteroatoms. The van der Waals surface area contributed by atoms with Crippen LogP contribution in [0.15, 0.2) is 18.2 Å². The van der Waals surface area contributed by atoms with Gasteiger partial charge < -0.3 is 20.0 Å². The summed E-state index contributed by atoms with van der Waals surface area (Å²) >= 11 is 0. The Labute approximate surface area is 172 Å². The summed E-state index contributed by atoms with van der Waals surface area (Å²) in [5, 5.41) is 10.0. The molecular weight excluding hydrogens is 370 g/mol. The number of nitriles is 1. The van der Waals surface area contributed by atoms with Gasteiger partial charge in [0.2, 0.25) is 0 Å². The molecule has 0 heterocycles. The molecule has 0 radical (unpaired) electrons. The Kier molecular flexibility index (Phi) is 7.34. The van der Waals surface area contributed by atoms with Gasteiger partial charge in [0.1, 0.15) is 0 Å². The van der Waals surface area contributed by atoms with Crippen molar-refractivity contribution in [3.8, 4) is 17.6 Å². The topological polar surface area (TPSA) is 107 Å². The van der Waals surface area contributed by atoms with Gasteiger partial charge in [0, 0.05) is 13.1 Å². The molecule has 0 bridgehead atoms. The fourth-order valence-electron chi connectivity index (χ4n) is 4.33. The summed E-state index contributed by atoms with van der Waals surface area (Å²) in [7, 11) is 1.63.